The molecule has 172 valence electrons. The van der Waals surface area contributed by atoms with E-state index in [4.69, 9.17) is 19.9 Å². The average Bonchev–Trinajstić information content (AvgIpc) is 2.84. The lowest BCUT2D eigenvalue weighted by atomic mass is 10.1. The summed E-state index contributed by atoms with van der Waals surface area (Å²) in [6, 6.07) is 18.7. The summed E-state index contributed by atoms with van der Waals surface area (Å²) < 4.78 is 15.8. The van der Waals surface area contributed by atoms with E-state index in [2.05, 4.69) is 25.6 Å². The molecule has 0 aliphatic heterocycles. The Kier molecular flexibility index (Phi) is 6.75. The third-order valence-electron chi connectivity index (χ3n) is 4.47. The van der Waals surface area contributed by atoms with Crippen molar-refractivity contribution in [1.82, 2.24) is 15.0 Å². The van der Waals surface area contributed by atoms with E-state index in [0.29, 0.717) is 17.2 Å². The lowest BCUT2D eigenvalue weighted by Gasteiger charge is -2.10. The SMILES string of the molecule is COc1ccc(NC(=O)Nc2nc(OC(=O)CN)nc(Oc3ccc4ccccc4c3)n2)cc1. The van der Waals surface area contributed by atoms with E-state index >= 15 is 0 Å². The van der Waals surface area contributed by atoms with Gasteiger partial charge in [0.25, 0.3) is 0 Å². The first-order valence-electron chi connectivity index (χ1n) is 10.1. The second-order valence-electron chi connectivity index (χ2n) is 6.82. The Morgan fingerprint density at radius 2 is 1.56 bits per heavy atom. The summed E-state index contributed by atoms with van der Waals surface area (Å²) in [6.45, 7) is -0.382. The molecule has 0 aliphatic rings. The molecule has 4 N–H and O–H groups in total. The van der Waals surface area contributed by atoms with E-state index < -0.39 is 12.0 Å². The van der Waals surface area contributed by atoms with E-state index in [1.807, 2.05) is 30.3 Å². The second-order valence-corrected chi connectivity index (χ2v) is 6.82. The Hall–Kier alpha value is -4.77. The van der Waals surface area contributed by atoms with Crippen molar-refractivity contribution in [3.05, 3.63) is 66.7 Å². The van der Waals surface area contributed by atoms with Gasteiger partial charge in [0, 0.05) is 5.69 Å². The van der Waals surface area contributed by atoms with Crippen LogP contribution in [0.4, 0.5) is 16.4 Å². The fraction of sp³-hybridized carbons (Fsp3) is 0.0870. The van der Waals surface area contributed by atoms with E-state index in [9.17, 15) is 9.59 Å². The van der Waals surface area contributed by atoms with Gasteiger partial charge in [0.05, 0.1) is 13.7 Å². The van der Waals surface area contributed by atoms with Crippen molar-refractivity contribution in [2.24, 2.45) is 5.73 Å². The van der Waals surface area contributed by atoms with Crippen molar-refractivity contribution in [1.29, 1.82) is 0 Å². The number of carbonyl (C=O) groups is 2. The Labute approximate surface area is 193 Å². The summed E-state index contributed by atoms with van der Waals surface area (Å²) in [5.41, 5.74) is 5.80. The van der Waals surface area contributed by atoms with Crippen molar-refractivity contribution in [3.8, 4) is 23.5 Å². The topological polar surface area (TPSA) is 151 Å². The Morgan fingerprint density at radius 1 is 0.853 bits per heavy atom. The summed E-state index contributed by atoms with van der Waals surface area (Å²) in [5.74, 6) is 0.119. The number of nitrogens with two attached hydrogens (primary N) is 1. The Morgan fingerprint density at radius 3 is 2.29 bits per heavy atom. The van der Waals surface area contributed by atoms with Crippen LogP contribution in [0.2, 0.25) is 0 Å². The molecule has 4 aromatic rings. The summed E-state index contributed by atoms with van der Waals surface area (Å²) in [5, 5.41) is 7.06. The van der Waals surface area contributed by atoms with Crippen LogP contribution in [0.5, 0.6) is 23.5 Å². The largest absolute Gasteiger partial charge is 0.497 e. The van der Waals surface area contributed by atoms with E-state index in [0.717, 1.165) is 10.8 Å². The first-order valence-corrected chi connectivity index (χ1v) is 10.1. The highest BCUT2D eigenvalue weighted by atomic mass is 16.6. The van der Waals surface area contributed by atoms with E-state index in [1.54, 1.807) is 43.5 Å². The number of rotatable bonds is 7. The number of ether oxygens (including phenoxy) is 3. The van der Waals surface area contributed by atoms with Crippen LogP contribution in [-0.4, -0.2) is 40.6 Å². The molecule has 1 heterocycles. The van der Waals surface area contributed by atoms with Gasteiger partial charge in [-0.1, -0.05) is 30.3 Å². The number of amides is 2. The fourth-order valence-electron chi connectivity index (χ4n) is 2.90. The monoisotopic (exact) mass is 460 g/mol. The van der Waals surface area contributed by atoms with Crippen molar-refractivity contribution in [2.45, 2.75) is 0 Å². The predicted molar refractivity (Wildman–Crippen MR) is 124 cm³/mol. The average molecular weight is 460 g/mol. The van der Waals surface area contributed by atoms with Crippen LogP contribution < -0.4 is 30.6 Å². The molecule has 0 aliphatic carbocycles. The molecule has 0 spiro atoms. The minimum atomic E-state index is -0.767. The van der Waals surface area contributed by atoms with Crippen molar-refractivity contribution >= 4 is 34.4 Å². The highest BCUT2D eigenvalue weighted by molar-refractivity contribution is 5.98. The van der Waals surface area contributed by atoms with Crippen LogP contribution in [0.3, 0.4) is 0 Å². The van der Waals surface area contributed by atoms with Gasteiger partial charge >= 0.3 is 24.0 Å². The van der Waals surface area contributed by atoms with Gasteiger partial charge in [-0.05, 0) is 47.2 Å². The van der Waals surface area contributed by atoms with Crippen LogP contribution in [-0.2, 0) is 4.79 Å². The predicted octanol–water partition coefficient (Wildman–Crippen LogP) is 3.33. The zero-order valence-corrected chi connectivity index (χ0v) is 18.0. The maximum absolute atomic E-state index is 12.4. The van der Waals surface area contributed by atoms with Crippen LogP contribution in [0.15, 0.2) is 66.7 Å². The van der Waals surface area contributed by atoms with Gasteiger partial charge in [0.1, 0.15) is 11.5 Å². The normalized spacial score (nSPS) is 10.4. The van der Waals surface area contributed by atoms with Gasteiger partial charge in [0.2, 0.25) is 5.95 Å². The van der Waals surface area contributed by atoms with Crippen LogP contribution in [0, 0.1) is 0 Å². The fourth-order valence-corrected chi connectivity index (χ4v) is 2.90. The molecule has 0 radical (unpaired) electrons. The number of nitrogens with one attached hydrogen (secondary N) is 2. The smallest absolute Gasteiger partial charge is 0.332 e. The number of anilines is 2. The van der Waals surface area contributed by atoms with Crippen molar-refractivity contribution < 1.29 is 23.8 Å². The number of fused-ring (bicyclic) bond motifs is 1. The highest BCUT2D eigenvalue weighted by Crippen LogP contribution is 2.25. The van der Waals surface area contributed by atoms with Gasteiger partial charge in [-0.2, -0.15) is 9.97 Å². The van der Waals surface area contributed by atoms with Crippen LogP contribution in [0.1, 0.15) is 0 Å². The summed E-state index contributed by atoms with van der Waals surface area (Å²) in [7, 11) is 1.54. The highest BCUT2D eigenvalue weighted by Gasteiger charge is 2.15. The minimum absolute atomic E-state index is 0.190. The zero-order valence-electron chi connectivity index (χ0n) is 18.0. The molecule has 0 fully saturated rings. The van der Waals surface area contributed by atoms with Gasteiger partial charge in [-0.25, -0.2) is 4.79 Å². The maximum Gasteiger partial charge on any atom is 0.332 e. The van der Waals surface area contributed by atoms with Crippen molar-refractivity contribution in [2.75, 3.05) is 24.3 Å². The van der Waals surface area contributed by atoms with Gasteiger partial charge < -0.3 is 25.3 Å². The third kappa shape index (κ3) is 5.72. The molecule has 3 aromatic carbocycles. The molecule has 0 unspecified atom stereocenters. The van der Waals surface area contributed by atoms with E-state index in [1.165, 1.54) is 0 Å². The number of benzene rings is 3. The maximum atomic E-state index is 12.4. The number of hydrogen-bond acceptors (Lipinski definition) is 9. The Balaban J connectivity index is 1.55. The molecule has 1 aromatic heterocycles. The third-order valence-corrected chi connectivity index (χ3v) is 4.47. The van der Waals surface area contributed by atoms with Crippen LogP contribution in [0.25, 0.3) is 10.8 Å². The number of urea groups is 1. The molecule has 11 nitrogen and oxygen atoms in total. The van der Waals surface area contributed by atoms with Gasteiger partial charge in [0.15, 0.2) is 0 Å². The number of carbonyl (C=O) groups excluding carboxylic acids is 2. The standard InChI is InChI=1S/C23H20N6O5/c1-32-17-10-7-16(8-11-17)25-21(31)26-20-27-22(29-23(28-20)34-19(30)13-24)33-18-9-6-14-4-2-3-5-15(14)12-18/h2-12H,13,24H2,1H3,(H2,25,26,27,28,29,31). The summed E-state index contributed by atoms with van der Waals surface area (Å²) >= 11 is 0. The minimum Gasteiger partial charge on any atom is -0.497 e. The molecule has 2 amide bonds. The molecule has 34 heavy (non-hydrogen) atoms. The number of hydrogen-bond donors (Lipinski definition) is 3. The first kappa shape index (κ1) is 22.4. The molecule has 11 heteroatoms. The van der Waals surface area contributed by atoms with Gasteiger partial charge in [-0.3, -0.25) is 10.1 Å². The van der Waals surface area contributed by atoms with Crippen LogP contribution >= 0.6 is 0 Å². The molecular formula is C23H20N6O5. The molecule has 0 saturated carbocycles. The number of nitrogens with zero attached hydrogens (tertiary/aromatic N) is 3. The second kappa shape index (κ2) is 10.2. The number of aromatic nitrogens is 3. The number of esters is 1. The van der Waals surface area contributed by atoms with Crippen molar-refractivity contribution in [3.63, 3.8) is 0 Å². The molecule has 0 atom stereocenters. The van der Waals surface area contributed by atoms with E-state index in [-0.39, 0.29) is 24.5 Å². The molecule has 0 bridgehead atoms. The zero-order chi connectivity index (χ0) is 23.9. The molecular weight excluding hydrogens is 440 g/mol. The quantitative estimate of drug-likeness (QED) is 0.353. The van der Waals surface area contributed by atoms with Gasteiger partial charge in [-0.15, -0.1) is 4.98 Å². The lowest BCUT2D eigenvalue weighted by molar-refractivity contribution is -0.133. The summed E-state index contributed by atoms with van der Waals surface area (Å²) in [4.78, 5) is 36.0. The molecule has 4 rings (SSSR count). The number of methoxy groups -OCH3 is 1. The lowest BCUT2D eigenvalue weighted by Crippen LogP contribution is -2.23. The summed E-state index contributed by atoms with van der Waals surface area (Å²) in [6.07, 6.45) is 0. The Bertz CT molecular complexity index is 1330. The molecule has 0 saturated heterocycles. The first-order chi connectivity index (χ1) is 16.5.